The molecule has 0 aliphatic rings. The predicted molar refractivity (Wildman–Crippen MR) is 111 cm³/mol. The first-order valence-corrected chi connectivity index (χ1v) is 9.87. The van der Waals surface area contributed by atoms with E-state index in [2.05, 4.69) is 0 Å². The van der Waals surface area contributed by atoms with Crippen molar-refractivity contribution >= 4 is 6.09 Å². The Morgan fingerprint density at radius 1 is 1.03 bits per heavy atom. The van der Waals surface area contributed by atoms with Crippen molar-refractivity contribution in [2.24, 2.45) is 5.73 Å². The van der Waals surface area contributed by atoms with Crippen LogP contribution in [0.3, 0.4) is 0 Å². The van der Waals surface area contributed by atoms with Gasteiger partial charge in [0.05, 0.1) is 5.56 Å². The molecule has 2 rings (SSSR count). The molecule has 7 heteroatoms. The Bertz CT molecular complexity index is 817. The van der Waals surface area contributed by atoms with E-state index in [1.165, 1.54) is 11.0 Å². The van der Waals surface area contributed by atoms with Gasteiger partial charge in [-0.25, -0.2) is 4.79 Å². The molecule has 0 bridgehead atoms. The van der Waals surface area contributed by atoms with Gasteiger partial charge in [0.1, 0.15) is 5.60 Å². The second-order valence-electron chi connectivity index (χ2n) is 8.34. The molecule has 0 radical (unpaired) electrons. The Morgan fingerprint density at radius 2 is 1.67 bits per heavy atom. The van der Waals surface area contributed by atoms with Gasteiger partial charge in [-0.05, 0) is 56.9 Å². The Morgan fingerprint density at radius 3 is 2.27 bits per heavy atom. The maximum absolute atomic E-state index is 13.0. The van der Waals surface area contributed by atoms with Crippen LogP contribution in [0.5, 0.6) is 0 Å². The highest BCUT2D eigenvalue weighted by Gasteiger charge is 2.31. The topological polar surface area (TPSA) is 55.6 Å². The van der Waals surface area contributed by atoms with Crippen LogP contribution >= 0.6 is 0 Å². The maximum Gasteiger partial charge on any atom is 0.416 e. The maximum atomic E-state index is 13.0. The molecule has 0 aliphatic heterocycles. The summed E-state index contributed by atoms with van der Waals surface area (Å²) in [6.45, 7) is 5.52. The largest absolute Gasteiger partial charge is 0.444 e. The normalized spacial score (nSPS) is 13.0. The lowest BCUT2D eigenvalue weighted by atomic mass is 10.0. The van der Waals surface area contributed by atoms with Crippen LogP contribution < -0.4 is 5.73 Å². The van der Waals surface area contributed by atoms with E-state index in [0.717, 1.165) is 17.7 Å². The van der Waals surface area contributed by atoms with Crippen LogP contribution in [0, 0.1) is 0 Å². The quantitative estimate of drug-likeness (QED) is 0.650. The molecule has 0 spiro atoms. The molecule has 2 aromatic carbocycles. The Labute approximate surface area is 175 Å². The first-order chi connectivity index (χ1) is 13.9. The van der Waals surface area contributed by atoms with Gasteiger partial charge in [0, 0.05) is 19.1 Å². The van der Waals surface area contributed by atoms with E-state index in [4.69, 9.17) is 10.5 Å². The summed E-state index contributed by atoms with van der Waals surface area (Å²) in [4.78, 5) is 14.1. The van der Waals surface area contributed by atoms with E-state index in [-0.39, 0.29) is 19.1 Å². The minimum atomic E-state index is -4.44. The van der Waals surface area contributed by atoms with Crippen LogP contribution in [-0.4, -0.2) is 29.2 Å². The van der Waals surface area contributed by atoms with Crippen molar-refractivity contribution in [3.8, 4) is 0 Å². The van der Waals surface area contributed by atoms with Gasteiger partial charge in [0.2, 0.25) is 0 Å². The summed E-state index contributed by atoms with van der Waals surface area (Å²) in [7, 11) is 0. The van der Waals surface area contributed by atoms with Gasteiger partial charge in [-0.3, -0.25) is 0 Å². The average Bonchev–Trinajstić information content (AvgIpc) is 2.64. The monoisotopic (exact) mass is 422 g/mol. The van der Waals surface area contributed by atoms with Crippen molar-refractivity contribution in [1.29, 1.82) is 0 Å². The van der Waals surface area contributed by atoms with Crippen molar-refractivity contribution < 1.29 is 22.7 Å². The summed E-state index contributed by atoms with van der Waals surface area (Å²) in [6.07, 6.45) is -3.88. The lowest BCUT2D eigenvalue weighted by molar-refractivity contribution is -0.137. The van der Waals surface area contributed by atoms with Crippen molar-refractivity contribution in [3.05, 3.63) is 71.3 Å². The first kappa shape index (κ1) is 23.7. The molecular weight excluding hydrogens is 393 g/mol. The highest BCUT2D eigenvalue weighted by molar-refractivity contribution is 5.68. The summed E-state index contributed by atoms with van der Waals surface area (Å²) >= 11 is 0. The minimum absolute atomic E-state index is 0.0108. The van der Waals surface area contributed by atoms with Gasteiger partial charge in [-0.1, -0.05) is 42.5 Å². The second kappa shape index (κ2) is 9.98. The third kappa shape index (κ3) is 8.06. The number of amides is 1. The van der Waals surface area contributed by atoms with Crippen molar-refractivity contribution in [1.82, 2.24) is 4.90 Å². The van der Waals surface area contributed by atoms with Gasteiger partial charge >= 0.3 is 12.3 Å². The van der Waals surface area contributed by atoms with E-state index in [1.54, 1.807) is 26.8 Å². The molecule has 0 aliphatic carbocycles. The van der Waals surface area contributed by atoms with E-state index in [1.807, 2.05) is 30.3 Å². The number of halogens is 3. The summed E-state index contributed by atoms with van der Waals surface area (Å²) in [5.41, 5.74) is 6.24. The Kier molecular flexibility index (Phi) is 7.89. The SMILES string of the molecule is CC(C)(C)OC(=O)N(CC[C@@H](N)Cc1ccccc1)Cc1cccc(C(F)(F)F)c1. The lowest BCUT2D eigenvalue weighted by Crippen LogP contribution is -2.39. The van der Waals surface area contributed by atoms with Crippen LogP contribution in [0.15, 0.2) is 54.6 Å². The van der Waals surface area contributed by atoms with E-state index in [0.29, 0.717) is 18.4 Å². The zero-order valence-electron chi connectivity index (χ0n) is 17.6. The number of nitrogens with zero attached hydrogens (tertiary/aromatic N) is 1. The summed E-state index contributed by atoms with van der Waals surface area (Å²) in [6, 6.07) is 14.5. The highest BCUT2D eigenvalue weighted by atomic mass is 19.4. The number of carbonyl (C=O) groups is 1. The third-order valence-corrected chi connectivity index (χ3v) is 4.39. The molecule has 0 aromatic heterocycles. The van der Waals surface area contributed by atoms with Crippen LogP contribution in [0.25, 0.3) is 0 Å². The number of benzene rings is 2. The van der Waals surface area contributed by atoms with Crippen molar-refractivity contribution in [2.75, 3.05) is 6.54 Å². The molecule has 1 atom stereocenters. The fourth-order valence-corrected chi connectivity index (χ4v) is 2.97. The summed E-state index contributed by atoms with van der Waals surface area (Å²) in [5, 5.41) is 0. The Hall–Kier alpha value is -2.54. The molecule has 0 saturated carbocycles. The number of nitrogens with two attached hydrogens (primary N) is 1. The van der Waals surface area contributed by atoms with Crippen molar-refractivity contribution in [3.63, 3.8) is 0 Å². The molecule has 0 saturated heterocycles. The van der Waals surface area contributed by atoms with E-state index < -0.39 is 23.4 Å². The predicted octanol–water partition coefficient (Wildman–Crippen LogP) is 5.40. The molecular formula is C23H29F3N2O2. The number of ether oxygens (including phenoxy) is 1. The third-order valence-electron chi connectivity index (χ3n) is 4.39. The van der Waals surface area contributed by atoms with E-state index in [9.17, 15) is 18.0 Å². The van der Waals surface area contributed by atoms with Gasteiger partial charge in [-0.2, -0.15) is 13.2 Å². The van der Waals surface area contributed by atoms with Crippen LogP contribution in [0.4, 0.5) is 18.0 Å². The number of rotatable bonds is 7. The molecule has 164 valence electrons. The molecule has 0 fully saturated rings. The molecule has 1 amide bonds. The molecule has 30 heavy (non-hydrogen) atoms. The Balaban J connectivity index is 2.09. The fraction of sp³-hybridized carbons (Fsp3) is 0.435. The fourth-order valence-electron chi connectivity index (χ4n) is 2.97. The van der Waals surface area contributed by atoms with Crippen LogP contribution in [0.2, 0.25) is 0 Å². The molecule has 0 heterocycles. The van der Waals surface area contributed by atoms with Crippen LogP contribution in [-0.2, 0) is 23.9 Å². The van der Waals surface area contributed by atoms with Gasteiger partial charge < -0.3 is 15.4 Å². The zero-order chi connectivity index (χ0) is 22.4. The number of alkyl halides is 3. The second-order valence-corrected chi connectivity index (χ2v) is 8.34. The van der Waals surface area contributed by atoms with E-state index >= 15 is 0 Å². The summed E-state index contributed by atoms with van der Waals surface area (Å²) in [5.74, 6) is 0. The smallest absolute Gasteiger partial charge is 0.416 e. The van der Waals surface area contributed by atoms with Crippen LogP contribution in [0.1, 0.15) is 43.9 Å². The number of hydrogen-bond acceptors (Lipinski definition) is 3. The molecule has 2 N–H and O–H groups in total. The van der Waals surface area contributed by atoms with Gasteiger partial charge in [0.25, 0.3) is 0 Å². The van der Waals surface area contributed by atoms with Gasteiger partial charge in [0.15, 0.2) is 0 Å². The minimum Gasteiger partial charge on any atom is -0.444 e. The van der Waals surface area contributed by atoms with Gasteiger partial charge in [-0.15, -0.1) is 0 Å². The van der Waals surface area contributed by atoms with Crippen molar-refractivity contribution in [2.45, 2.75) is 58.0 Å². The highest BCUT2D eigenvalue weighted by Crippen LogP contribution is 2.30. The molecule has 2 aromatic rings. The standard InChI is InChI=1S/C23H29F3N2O2/c1-22(2,3)30-21(29)28(13-12-20(27)15-17-8-5-4-6-9-17)16-18-10-7-11-19(14-18)23(24,25)26/h4-11,14,20H,12-13,15-16,27H2,1-3H3/t20-/m1/s1. The average molecular weight is 422 g/mol. The number of carbonyl (C=O) groups excluding carboxylic acids is 1. The number of hydrogen-bond donors (Lipinski definition) is 1. The zero-order valence-corrected chi connectivity index (χ0v) is 17.6. The first-order valence-electron chi connectivity index (χ1n) is 9.87. The summed E-state index contributed by atoms with van der Waals surface area (Å²) < 4.78 is 44.5. The molecule has 0 unspecified atom stereocenters. The lowest BCUT2D eigenvalue weighted by Gasteiger charge is -2.28. The molecule has 4 nitrogen and oxygen atoms in total.